The van der Waals surface area contributed by atoms with Crippen molar-refractivity contribution >= 4 is 23.0 Å². The summed E-state index contributed by atoms with van der Waals surface area (Å²) >= 11 is 5.47. The summed E-state index contributed by atoms with van der Waals surface area (Å²) < 4.78 is 5.70. The molecule has 0 atom stereocenters. The number of ether oxygens (including phenoxy) is 1. The second-order valence-corrected chi connectivity index (χ2v) is 5.67. The van der Waals surface area contributed by atoms with E-state index in [1.165, 1.54) is 11.1 Å². The van der Waals surface area contributed by atoms with Crippen LogP contribution in [-0.2, 0) is 0 Å². The average molecular weight is 314 g/mol. The van der Waals surface area contributed by atoms with Gasteiger partial charge in [0.05, 0.1) is 6.54 Å². The molecule has 0 heterocycles. The number of nitrogens with zero attached hydrogens (tertiary/aromatic N) is 1. The van der Waals surface area contributed by atoms with E-state index < -0.39 is 0 Å². The van der Waals surface area contributed by atoms with Gasteiger partial charge in [0.2, 0.25) is 0 Å². The molecule has 2 aromatic rings. The Labute approximate surface area is 137 Å². The Bertz CT molecular complexity index is 608. The zero-order chi connectivity index (χ0) is 15.9. The summed E-state index contributed by atoms with van der Waals surface area (Å²) in [6, 6.07) is 16.0. The summed E-state index contributed by atoms with van der Waals surface area (Å²) in [5, 5.41) is 4.03. The van der Waals surface area contributed by atoms with Crippen molar-refractivity contribution in [2.75, 3.05) is 25.5 Å². The number of nitrogens with one attached hydrogen (secondary N) is 1. The molecule has 0 aromatic heterocycles. The number of anilines is 1. The molecule has 116 valence electrons. The smallest absolute Gasteiger partial charge is 0.173 e. The highest BCUT2D eigenvalue weighted by Crippen LogP contribution is 2.19. The summed E-state index contributed by atoms with van der Waals surface area (Å²) in [7, 11) is 1.97. The SMILES string of the molecule is Cc1cccc(C)c1NC(=S)N(C)CCOc1ccccc1. The van der Waals surface area contributed by atoms with Crippen LogP contribution in [0.4, 0.5) is 5.69 Å². The molecule has 0 aliphatic rings. The highest BCUT2D eigenvalue weighted by molar-refractivity contribution is 7.80. The highest BCUT2D eigenvalue weighted by atomic mass is 32.1. The summed E-state index contributed by atoms with van der Waals surface area (Å²) in [6.07, 6.45) is 0. The fourth-order valence-corrected chi connectivity index (χ4v) is 2.33. The van der Waals surface area contributed by atoms with Crippen LogP contribution in [0.5, 0.6) is 5.75 Å². The fraction of sp³-hybridized carbons (Fsp3) is 0.278. The minimum atomic E-state index is 0.592. The van der Waals surface area contributed by atoms with Gasteiger partial charge in [-0.05, 0) is 49.3 Å². The van der Waals surface area contributed by atoms with Crippen LogP contribution in [-0.4, -0.2) is 30.2 Å². The van der Waals surface area contributed by atoms with Gasteiger partial charge in [-0.25, -0.2) is 0 Å². The maximum Gasteiger partial charge on any atom is 0.173 e. The number of thiocarbonyl (C=S) groups is 1. The third kappa shape index (κ3) is 4.46. The van der Waals surface area contributed by atoms with Crippen molar-refractivity contribution in [1.82, 2.24) is 4.90 Å². The van der Waals surface area contributed by atoms with Gasteiger partial charge in [0.15, 0.2) is 5.11 Å². The predicted molar refractivity (Wildman–Crippen MR) is 96.7 cm³/mol. The molecule has 22 heavy (non-hydrogen) atoms. The van der Waals surface area contributed by atoms with Gasteiger partial charge in [-0.3, -0.25) is 0 Å². The molecule has 4 heteroatoms. The van der Waals surface area contributed by atoms with Gasteiger partial charge >= 0.3 is 0 Å². The maximum atomic E-state index is 5.70. The second-order valence-electron chi connectivity index (χ2n) is 5.28. The molecule has 0 bridgehead atoms. The Hall–Kier alpha value is -2.07. The number of rotatable bonds is 5. The van der Waals surface area contributed by atoms with Gasteiger partial charge in [-0.15, -0.1) is 0 Å². The van der Waals surface area contributed by atoms with Crippen molar-refractivity contribution < 1.29 is 4.74 Å². The zero-order valence-electron chi connectivity index (χ0n) is 13.3. The number of aryl methyl sites for hydroxylation is 2. The van der Waals surface area contributed by atoms with E-state index in [0.29, 0.717) is 11.7 Å². The van der Waals surface area contributed by atoms with Gasteiger partial charge in [-0.2, -0.15) is 0 Å². The van der Waals surface area contributed by atoms with Gasteiger partial charge in [0.1, 0.15) is 12.4 Å². The minimum Gasteiger partial charge on any atom is -0.492 e. The molecule has 0 saturated heterocycles. The molecule has 0 spiro atoms. The largest absolute Gasteiger partial charge is 0.492 e. The van der Waals surface area contributed by atoms with Crippen LogP contribution < -0.4 is 10.1 Å². The Balaban J connectivity index is 1.85. The molecule has 0 fully saturated rings. The summed E-state index contributed by atoms with van der Waals surface area (Å²) in [5.41, 5.74) is 3.47. The standard InChI is InChI=1S/C18H22N2OS/c1-14-8-7-9-15(2)17(14)19-18(22)20(3)12-13-21-16-10-5-4-6-11-16/h4-11H,12-13H2,1-3H3,(H,19,22). The molecule has 0 saturated carbocycles. The number of hydrogen-bond donors (Lipinski definition) is 1. The summed E-state index contributed by atoms with van der Waals surface area (Å²) in [6.45, 7) is 5.48. The van der Waals surface area contributed by atoms with Crippen molar-refractivity contribution in [2.24, 2.45) is 0 Å². The molecule has 0 radical (unpaired) electrons. The monoisotopic (exact) mass is 314 g/mol. The first kappa shape index (κ1) is 16.3. The Kier molecular flexibility index (Phi) is 5.78. The summed E-state index contributed by atoms with van der Waals surface area (Å²) in [4.78, 5) is 1.99. The van der Waals surface area contributed by atoms with Crippen LogP contribution in [0.1, 0.15) is 11.1 Å². The maximum absolute atomic E-state index is 5.70. The highest BCUT2D eigenvalue weighted by Gasteiger charge is 2.08. The molecule has 2 rings (SSSR count). The third-order valence-electron chi connectivity index (χ3n) is 3.50. The van der Waals surface area contributed by atoms with E-state index in [1.807, 2.05) is 42.3 Å². The predicted octanol–water partition coefficient (Wildman–Crippen LogP) is 4.01. The molecule has 0 aliphatic carbocycles. The lowest BCUT2D eigenvalue weighted by atomic mass is 10.1. The van der Waals surface area contributed by atoms with Crippen LogP contribution in [0.2, 0.25) is 0 Å². The van der Waals surface area contributed by atoms with Crippen LogP contribution in [0, 0.1) is 13.8 Å². The molecule has 2 aromatic carbocycles. The molecule has 1 N–H and O–H groups in total. The quantitative estimate of drug-likeness (QED) is 0.843. The van der Waals surface area contributed by atoms with Crippen molar-refractivity contribution in [3.05, 3.63) is 59.7 Å². The lowest BCUT2D eigenvalue weighted by molar-refractivity contribution is 0.285. The Morgan fingerprint density at radius 2 is 1.68 bits per heavy atom. The Morgan fingerprint density at radius 3 is 2.32 bits per heavy atom. The Morgan fingerprint density at radius 1 is 1.05 bits per heavy atom. The van der Waals surface area contributed by atoms with Crippen molar-refractivity contribution in [3.63, 3.8) is 0 Å². The molecule has 3 nitrogen and oxygen atoms in total. The van der Waals surface area contributed by atoms with E-state index in [-0.39, 0.29) is 0 Å². The number of likely N-dealkylation sites (N-methyl/N-ethyl adjacent to an activating group) is 1. The number of benzene rings is 2. The molecule has 0 unspecified atom stereocenters. The van der Waals surface area contributed by atoms with Gasteiger partial charge < -0.3 is 15.0 Å². The van der Waals surface area contributed by atoms with E-state index in [2.05, 4.69) is 37.4 Å². The molecular formula is C18H22N2OS. The first-order valence-electron chi connectivity index (χ1n) is 7.34. The fourth-order valence-electron chi connectivity index (χ4n) is 2.13. The van der Waals surface area contributed by atoms with Crippen LogP contribution in [0.25, 0.3) is 0 Å². The minimum absolute atomic E-state index is 0.592. The van der Waals surface area contributed by atoms with Crippen molar-refractivity contribution in [3.8, 4) is 5.75 Å². The normalized spacial score (nSPS) is 10.1. The van der Waals surface area contributed by atoms with E-state index in [9.17, 15) is 0 Å². The van der Waals surface area contributed by atoms with Crippen molar-refractivity contribution in [2.45, 2.75) is 13.8 Å². The molecular weight excluding hydrogens is 292 g/mol. The average Bonchev–Trinajstić information content (AvgIpc) is 2.52. The van der Waals surface area contributed by atoms with E-state index in [4.69, 9.17) is 17.0 Å². The number of hydrogen-bond acceptors (Lipinski definition) is 2. The van der Waals surface area contributed by atoms with Crippen LogP contribution in [0.15, 0.2) is 48.5 Å². The van der Waals surface area contributed by atoms with Gasteiger partial charge in [0, 0.05) is 12.7 Å². The number of para-hydroxylation sites is 2. The van der Waals surface area contributed by atoms with Gasteiger partial charge in [0.25, 0.3) is 0 Å². The topological polar surface area (TPSA) is 24.5 Å². The van der Waals surface area contributed by atoms with E-state index >= 15 is 0 Å². The van der Waals surface area contributed by atoms with Crippen LogP contribution >= 0.6 is 12.2 Å². The lowest BCUT2D eigenvalue weighted by Crippen LogP contribution is -2.34. The van der Waals surface area contributed by atoms with E-state index in [1.54, 1.807) is 0 Å². The molecule has 0 amide bonds. The lowest BCUT2D eigenvalue weighted by Gasteiger charge is -2.22. The van der Waals surface area contributed by atoms with Gasteiger partial charge in [-0.1, -0.05) is 36.4 Å². The second kappa shape index (κ2) is 7.80. The summed E-state index contributed by atoms with van der Waals surface area (Å²) in [5.74, 6) is 0.879. The van der Waals surface area contributed by atoms with Crippen LogP contribution in [0.3, 0.4) is 0 Å². The first-order chi connectivity index (χ1) is 10.6. The molecule has 0 aliphatic heterocycles. The van der Waals surface area contributed by atoms with E-state index in [0.717, 1.165) is 18.0 Å². The third-order valence-corrected chi connectivity index (χ3v) is 3.91. The first-order valence-corrected chi connectivity index (χ1v) is 7.75. The zero-order valence-corrected chi connectivity index (χ0v) is 14.1. The van der Waals surface area contributed by atoms with Crippen molar-refractivity contribution in [1.29, 1.82) is 0 Å².